The van der Waals surface area contributed by atoms with E-state index in [0.29, 0.717) is 17.5 Å². The summed E-state index contributed by atoms with van der Waals surface area (Å²) in [6.45, 7) is 1.98. The summed E-state index contributed by atoms with van der Waals surface area (Å²) in [7, 11) is 0. The normalized spacial score (nSPS) is 15.7. The molecule has 2 amide bonds. The van der Waals surface area contributed by atoms with E-state index in [1.165, 1.54) is 11.3 Å². The largest absolute Gasteiger partial charge is 0.480 e. The van der Waals surface area contributed by atoms with Crippen LogP contribution in [0, 0.1) is 0 Å². The molecule has 0 aliphatic heterocycles. The van der Waals surface area contributed by atoms with Gasteiger partial charge in [-0.1, -0.05) is 19.8 Å². The molecule has 6 nitrogen and oxygen atoms in total. The van der Waals surface area contributed by atoms with Crippen LogP contribution in [0.1, 0.15) is 50.6 Å². The highest BCUT2D eigenvalue weighted by Crippen LogP contribution is 2.40. The molecule has 3 N–H and O–H groups in total. The second kappa shape index (κ2) is 6.69. The summed E-state index contributed by atoms with van der Waals surface area (Å²) in [5.74, 6) is -0.465. The summed E-state index contributed by atoms with van der Waals surface area (Å²) < 4.78 is 0. The lowest BCUT2D eigenvalue weighted by atomic mass is 10.1. The minimum Gasteiger partial charge on any atom is -0.480 e. The first-order chi connectivity index (χ1) is 9.60. The number of rotatable bonds is 7. The van der Waals surface area contributed by atoms with Crippen molar-refractivity contribution >= 4 is 28.5 Å². The van der Waals surface area contributed by atoms with Gasteiger partial charge < -0.3 is 10.4 Å². The molecule has 1 aliphatic carbocycles. The third kappa shape index (κ3) is 4.19. The lowest BCUT2D eigenvalue weighted by molar-refractivity contribution is -0.139. The molecule has 2 rings (SSSR count). The van der Waals surface area contributed by atoms with E-state index in [0.717, 1.165) is 31.4 Å². The molecule has 110 valence electrons. The number of hydrogen-bond acceptors (Lipinski definition) is 4. The molecule has 0 spiro atoms. The van der Waals surface area contributed by atoms with E-state index < -0.39 is 18.0 Å². The van der Waals surface area contributed by atoms with Gasteiger partial charge in [0.1, 0.15) is 6.04 Å². The van der Waals surface area contributed by atoms with Crippen LogP contribution in [0.5, 0.6) is 0 Å². The number of aliphatic carboxylic acids is 1. The number of hydrogen-bond donors (Lipinski definition) is 3. The number of nitrogens with zero attached hydrogens (tertiary/aromatic N) is 1. The molecule has 1 aromatic rings. The van der Waals surface area contributed by atoms with E-state index in [1.807, 2.05) is 12.3 Å². The number of urea groups is 1. The standard InChI is InChI=1S/C13H19N3O3S/c1-2-3-4-9(11(17)18)14-12(19)16-13-15-10(7-20-13)8-5-6-8/h7-9H,2-6H2,1H3,(H,17,18)(H2,14,15,16,19). The second-order valence-electron chi connectivity index (χ2n) is 4.98. The Kier molecular flexibility index (Phi) is 4.94. The number of carboxylic acids is 1. The highest BCUT2D eigenvalue weighted by Gasteiger charge is 2.26. The molecule has 0 saturated heterocycles. The zero-order valence-electron chi connectivity index (χ0n) is 11.4. The smallest absolute Gasteiger partial charge is 0.326 e. The summed E-state index contributed by atoms with van der Waals surface area (Å²) in [6.07, 6.45) is 4.41. The van der Waals surface area contributed by atoms with Crippen LogP contribution in [-0.2, 0) is 4.79 Å². The molecule has 1 heterocycles. The van der Waals surface area contributed by atoms with Crippen molar-refractivity contribution in [1.29, 1.82) is 0 Å². The summed E-state index contributed by atoms with van der Waals surface area (Å²) in [5, 5.41) is 16.6. The molecule has 1 unspecified atom stereocenters. The zero-order valence-corrected chi connectivity index (χ0v) is 12.2. The maximum atomic E-state index is 11.8. The Bertz CT molecular complexity index is 485. The van der Waals surface area contributed by atoms with Gasteiger partial charge >= 0.3 is 12.0 Å². The Labute approximate surface area is 121 Å². The topological polar surface area (TPSA) is 91.3 Å². The lowest BCUT2D eigenvalue weighted by Gasteiger charge is -2.13. The molecule has 1 saturated carbocycles. The van der Waals surface area contributed by atoms with Gasteiger partial charge in [0, 0.05) is 11.3 Å². The van der Waals surface area contributed by atoms with Crippen LogP contribution >= 0.6 is 11.3 Å². The maximum absolute atomic E-state index is 11.8. The molecule has 0 radical (unpaired) electrons. The van der Waals surface area contributed by atoms with Gasteiger partial charge in [-0.2, -0.15) is 0 Å². The maximum Gasteiger partial charge on any atom is 0.326 e. The van der Waals surface area contributed by atoms with Crippen LogP contribution in [0.3, 0.4) is 0 Å². The molecule has 0 bridgehead atoms. The van der Waals surface area contributed by atoms with Crippen LogP contribution < -0.4 is 10.6 Å². The molecule has 1 aromatic heterocycles. The van der Waals surface area contributed by atoms with Gasteiger partial charge in [-0.3, -0.25) is 5.32 Å². The first-order valence-corrected chi connectivity index (χ1v) is 7.74. The first-order valence-electron chi connectivity index (χ1n) is 6.86. The minimum absolute atomic E-state index is 0.435. The predicted molar refractivity (Wildman–Crippen MR) is 77.2 cm³/mol. The second-order valence-corrected chi connectivity index (χ2v) is 5.84. The third-order valence-electron chi connectivity index (χ3n) is 3.19. The molecule has 1 aliphatic rings. The van der Waals surface area contributed by atoms with E-state index in [2.05, 4.69) is 15.6 Å². The van der Waals surface area contributed by atoms with Gasteiger partial charge in [0.15, 0.2) is 5.13 Å². The summed E-state index contributed by atoms with van der Waals surface area (Å²) in [6, 6.07) is -1.36. The Morgan fingerprint density at radius 2 is 2.30 bits per heavy atom. The monoisotopic (exact) mass is 297 g/mol. The number of carbonyl (C=O) groups excluding carboxylic acids is 1. The van der Waals surface area contributed by atoms with Crippen molar-refractivity contribution in [3.8, 4) is 0 Å². The summed E-state index contributed by atoms with van der Waals surface area (Å²) in [4.78, 5) is 27.1. The van der Waals surface area contributed by atoms with E-state index in [4.69, 9.17) is 5.11 Å². The van der Waals surface area contributed by atoms with E-state index in [1.54, 1.807) is 0 Å². The average Bonchev–Trinajstić information content (AvgIpc) is 3.15. The van der Waals surface area contributed by atoms with Crippen molar-refractivity contribution in [1.82, 2.24) is 10.3 Å². The lowest BCUT2D eigenvalue weighted by Crippen LogP contribution is -2.42. The zero-order chi connectivity index (χ0) is 14.5. The first kappa shape index (κ1) is 14.8. The number of thiazole rings is 1. The van der Waals surface area contributed by atoms with Crippen LogP contribution in [0.4, 0.5) is 9.93 Å². The van der Waals surface area contributed by atoms with E-state index in [9.17, 15) is 9.59 Å². The molecular weight excluding hydrogens is 278 g/mol. The molecule has 1 atom stereocenters. The van der Waals surface area contributed by atoms with Crippen molar-refractivity contribution in [2.75, 3.05) is 5.32 Å². The summed E-state index contributed by atoms with van der Waals surface area (Å²) in [5.41, 5.74) is 1.02. The van der Waals surface area contributed by atoms with Crippen LogP contribution in [-0.4, -0.2) is 28.1 Å². The molecule has 1 fully saturated rings. The van der Waals surface area contributed by atoms with Gasteiger partial charge in [0.05, 0.1) is 5.69 Å². The van der Waals surface area contributed by atoms with Crippen molar-refractivity contribution in [2.24, 2.45) is 0 Å². The fourth-order valence-electron chi connectivity index (χ4n) is 1.87. The SMILES string of the molecule is CCCCC(NC(=O)Nc1nc(C2CC2)cs1)C(=O)O. The van der Waals surface area contributed by atoms with Crippen LogP contribution in [0.2, 0.25) is 0 Å². The Morgan fingerprint density at radius 1 is 1.55 bits per heavy atom. The van der Waals surface area contributed by atoms with Crippen molar-refractivity contribution in [3.05, 3.63) is 11.1 Å². The molecule has 20 heavy (non-hydrogen) atoms. The Morgan fingerprint density at radius 3 is 2.90 bits per heavy atom. The number of amides is 2. The highest BCUT2D eigenvalue weighted by molar-refractivity contribution is 7.13. The predicted octanol–water partition coefficient (Wildman–Crippen LogP) is 2.79. The van der Waals surface area contributed by atoms with Crippen LogP contribution in [0.25, 0.3) is 0 Å². The third-order valence-corrected chi connectivity index (χ3v) is 3.96. The van der Waals surface area contributed by atoms with Crippen LogP contribution in [0.15, 0.2) is 5.38 Å². The quantitative estimate of drug-likeness (QED) is 0.721. The molecular formula is C13H19N3O3S. The average molecular weight is 297 g/mol. The van der Waals surface area contributed by atoms with Gasteiger partial charge in [0.2, 0.25) is 0 Å². The van der Waals surface area contributed by atoms with Crippen molar-refractivity contribution in [2.45, 2.75) is 51.0 Å². The number of nitrogens with one attached hydrogen (secondary N) is 2. The van der Waals surface area contributed by atoms with Gasteiger partial charge in [-0.05, 0) is 19.3 Å². The van der Waals surface area contributed by atoms with E-state index >= 15 is 0 Å². The number of carboxylic acid groups (broad SMARTS) is 1. The fourth-order valence-corrected chi connectivity index (χ4v) is 2.65. The Balaban J connectivity index is 1.84. The fraction of sp³-hybridized carbons (Fsp3) is 0.615. The number of anilines is 1. The molecule has 7 heteroatoms. The van der Waals surface area contributed by atoms with Gasteiger partial charge in [-0.15, -0.1) is 11.3 Å². The van der Waals surface area contributed by atoms with Gasteiger partial charge in [-0.25, -0.2) is 14.6 Å². The summed E-state index contributed by atoms with van der Waals surface area (Å²) >= 11 is 1.37. The van der Waals surface area contributed by atoms with Crippen molar-refractivity contribution in [3.63, 3.8) is 0 Å². The Hall–Kier alpha value is -1.63. The van der Waals surface area contributed by atoms with Crippen molar-refractivity contribution < 1.29 is 14.7 Å². The van der Waals surface area contributed by atoms with Gasteiger partial charge in [0.25, 0.3) is 0 Å². The number of carbonyl (C=O) groups is 2. The molecule has 0 aromatic carbocycles. The highest BCUT2D eigenvalue weighted by atomic mass is 32.1. The minimum atomic E-state index is -1.01. The number of aromatic nitrogens is 1. The van der Waals surface area contributed by atoms with E-state index in [-0.39, 0.29) is 0 Å². The number of unbranched alkanes of at least 4 members (excludes halogenated alkanes) is 1.